The van der Waals surface area contributed by atoms with Gasteiger partial charge in [-0.05, 0) is 24.6 Å². The van der Waals surface area contributed by atoms with Gasteiger partial charge in [-0.2, -0.15) is 0 Å². The summed E-state index contributed by atoms with van der Waals surface area (Å²) in [6.45, 7) is 3.04. The lowest BCUT2D eigenvalue weighted by Gasteiger charge is -2.13. The van der Waals surface area contributed by atoms with Crippen molar-refractivity contribution in [3.05, 3.63) is 57.2 Å². The molecule has 0 bridgehead atoms. The average Bonchev–Trinajstić information content (AvgIpc) is 2.73. The highest BCUT2D eigenvalue weighted by atomic mass is 35.5. The van der Waals surface area contributed by atoms with Crippen LogP contribution in [-0.4, -0.2) is 0 Å². The molecule has 1 N–H and O–H groups in total. The van der Waals surface area contributed by atoms with E-state index in [1.807, 2.05) is 12.1 Å². The van der Waals surface area contributed by atoms with E-state index in [0.717, 1.165) is 10.9 Å². The zero-order valence-corrected chi connectivity index (χ0v) is 10.7. The van der Waals surface area contributed by atoms with Gasteiger partial charge in [-0.15, -0.1) is 11.3 Å². The van der Waals surface area contributed by atoms with E-state index in [9.17, 15) is 0 Å². The fraction of sp³-hybridized carbons (Fsp3) is 0.231. The molecule has 0 fully saturated rings. The Morgan fingerprint density at radius 2 is 1.94 bits per heavy atom. The molecule has 84 valence electrons. The number of hydrogen-bond acceptors (Lipinski definition) is 2. The second-order valence-electron chi connectivity index (χ2n) is 3.72. The van der Waals surface area contributed by atoms with Crippen LogP contribution >= 0.6 is 22.9 Å². The van der Waals surface area contributed by atoms with E-state index < -0.39 is 0 Å². The highest BCUT2D eigenvalue weighted by Crippen LogP contribution is 2.22. The third-order valence-corrected chi connectivity index (χ3v) is 3.74. The lowest BCUT2D eigenvalue weighted by atomic mass is 10.1. The van der Waals surface area contributed by atoms with Crippen LogP contribution in [0.5, 0.6) is 0 Å². The molecule has 1 aromatic carbocycles. The Morgan fingerprint density at radius 1 is 1.19 bits per heavy atom. The predicted molar refractivity (Wildman–Crippen MR) is 71.0 cm³/mol. The first-order chi connectivity index (χ1) is 7.75. The summed E-state index contributed by atoms with van der Waals surface area (Å²) in [5.74, 6) is 0. The topological polar surface area (TPSA) is 12.0 Å². The maximum Gasteiger partial charge on any atom is 0.0931 e. The second-order valence-corrected chi connectivity index (χ2v) is 5.52. The van der Waals surface area contributed by atoms with Crippen LogP contribution in [0.1, 0.15) is 23.4 Å². The van der Waals surface area contributed by atoms with Crippen LogP contribution in [0.15, 0.2) is 42.5 Å². The summed E-state index contributed by atoms with van der Waals surface area (Å²) < 4.78 is 0.851. The van der Waals surface area contributed by atoms with Crippen LogP contribution in [0.3, 0.4) is 0 Å². The molecule has 0 saturated carbocycles. The highest BCUT2D eigenvalue weighted by molar-refractivity contribution is 7.16. The number of nitrogens with one attached hydrogen (secondary N) is 1. The summed E-state index contributed by atoms with van der Waals surface area (Å²) in [5, 5.41) is 3.48. The molecule has 0 aliphatic carbocycles. The Hall–Kier alpha value is -0.830. The van der Waals surface area contributed by atoms with Gasteiger partial charge in [0.05, 0.1) is 4.34 Å². The summed E-state index contributed by atoms with van der Waals surface area (Å²) in [4.78, 5) is 1.27. The molecule has 2 rings (SSSR count). The second kappa shape index (κ2) is 5.48. The van der Waals surface area contributed by atoms with Gasteiger partial charge in [-0.25, -0.2) is 0 Å². The fourth-order valence-corrected chi connectivity index (χ4v) is 2.60. The summed E-state index contributed by atoms with van der Waals surface area (Å²) in [6, 6.07) is 14.8. The number of thiophene rings is 1. The molecule has 2 aromatic rings. The molecule has 0 unspecified atom stereocenters. The SMILES string of the molecule is C[C@@H](NCc1ccc(Cl)s1)c1ccccc1. The minimum atomic E-state index is 0.363. The standard InChI is InChI=1S/C13H14ClNS/c1-10(11-5-3-2-4-6-11)15-9-12-7-8-13(14)16-12/h2-8,10,15H,9H2,1H3/t10-/m1/s1. The van der Waals surface area contributed by atoms with Crippen LogP contribution in [0, 0.1) is 0 Å². The molecule has 0 aliphatic rings. The lowest BCUT2D eigenvalue weighted by Crippen LogP contribution is -2.17. The number of hydrogen-bond donors (Lipinski definition) is 1. The fourth-order valence-electron chi connectivity index (χ4n) is 1.56. The first-order valence-corrected chi connectivity index (χ1v) is 6.47. The van der Waals surface area contributed by atoms with Gasteiger partial charge >= 0.3 is 0 Å². The van der Waals surface area contributed by atoms with E-state index in [2.05, 4.69) is 42.6 Å². The molecule has 1 heterocycles. The molecule has 0 aliphatic heterocycles. The Morgan fingerprint density at radius 3 is 2.56 bits per heavy atom. The summed E-state index contributed by atoms with van der Waals surface area (Å²) in [6.07, 6.45) is 0. The van der Waals surface area contributed by atoms with Crippen molar-refractivity contribution in [2.45, 2.75) is 19.5 Å². The summed E-state index contributed by atoms with van der Waals surface area (Å²) in [7, 11) is 0. The van der Waals surface area contributed by atoms with Gasteiger partial charge in [0.15, 0.2) is 0 Å². The Balaban J connectivity index is 1.91. The van der Waals surface area contributed by atoms with Crippen molar-refractivity contribution < 1.29 is 0 Å². The molecule has 3 heteroatoms. The molecular formula is C13H14ClNS. The van der Waals surface area contributed by atoms with Gasteiger partial charge in [0, 0.05) is 17.5 Å². The van der Waals surface area contributed by atoms with Crippen molar-refractivity contribution in [2.75, 3.05) is 0 Å². The monoisotopic (exact) mass is 251 g/mol. The minimum Gasteiger partial charge on any atom is -0.305 e. The Bertz CT molecular complexity index is 438. The van der Waals surface area contributed by atoms with Crippen molar-refractivity contribution in [3.63, 3.8) is 0 Å². The van der Waals surface area contributed by atoms with Gasteiger partial charge in [-0.3, -0.25) is 0 Å². The first kappa shape index (κ1) is 11.6. The molecule has 16 heavy (non-hydrogen) atoms. The van der Waals surface area contributed by atoms with E-state index in [1.54, 1.807) is 11.3 Å². The Kier molecular flexibility index (Phi) is 3.99. The third kappa shape index (κ3) is 3.08. The van der Waals surface area contributed by atoms with Crippen LogP contribution in [-0.2, 0) is 6.54 Å². The predicted octanol–water partition coefficient (Wildman–Crippen LogP) is 4.25. The molecule has 0 radical (unpaired) electrons. The molecule has 1 atom stereocenters. The van der Waals surface area contributed by atoms with Crippen molar-refractivity contribution in [2.24, 2.45) is 0 Å². The van der Waals surface area contributed by atoms with Crippen molar-refractivity contribution in [1.29, 1.82) is 0 Å². The van der Waals surface area contributed by atoms with Gasteiger partial charge in [0.1, 0.15) is 0 Å². The maximum absolute atomic E-state index is 5.88. The molecule has 1 nitrogen and oxygen atoms in total. The normalized spacial score (nSPS) is 12.6. The Labute approximate surface area is 105 Å². The highest BCUT2D eigenvalue weighted by Gasteiger charge is 2.04. The lowest BCUT2D eigenvalue weighted by molar-refractivity contribution is 0.579. The van der Waals surface area contributed by atoms with Crippen molar-refractivity contribution in [1.82, 2.24) is 5.32 Å². The zero-order chi connectivity index (χ0) is 11.4. The average molecular weight is 252 g/mol. The molecule has 1 aromatic heterocycles. The van der Waals surface area contributed by atoms with Gasteiger partial charge in [-0.1, -0.05) is 41.9 Å². The van der Waals surface area contributed by atoms with Crippen molar-refractivity contribution >= 4 is 22.9 Å². The largest absolute Gasteiger partial charge is 0.305 e. The maximum atomic E-state index is 5.88. The van der Waals surface area contributed by atoms with Crippen LogP contribution in [0.4, 0.5) is 0 Å². The summed E-state index contributed by atoms with van der Waals surface area (Å²) >= 11 is 7.51. The third-order valence-electron chi connectivity index (χ3n) is 2.51. The van der Waals surface area contributed by atoms with E-state index in [4.69, 9.17) is 11.6 Å². The smallest absolute Gasteiger partial charge is 0.0931 e. The minimum absolute atomic E-state index is 0.363. The first-order valence-electron chi connectivity index (χ1n) is 5.28. The van der Waals surface area contributed by atoms with Gasteiger partial charge < -0.3 is 5.32 Å². The number of benzene rings is 1. The quantitative estimate of drug-likeness (QED) is 0.857. The van der Waals surface area contributed by atoms with Gasteiger partial charge in [0.2, 0.25) is 0 Å². The van der Waals surface area contributed by atoms with Crippen LogP contribution in [0.2, 0.25) is 4.34 Å². The zero-order valence-electron chi connectivity index (χ0n) is 9.11. The van der Waals surface area contributed by atoms with E-state index in [-0.39, 0.29) is 0 Å². The van der Waals surface area contributed by atoms with E-state index in [1.165, 1.54) is 10.4 Å². The van der Waals surface area contributed by atoms with Crippen molar-refractivity contribution in [3.8, 4) is 0 Å². The molecule has 0 spiro atoms. The number of rotatable bonds is 4. The molecule has 0 amide bonds. The van der Waals surface area contributed by atoms with E-state index >= 15 is 0 Å². The van der Waals surface area contributed by atoms with Crippen LogP contribution < -0.4 is 5.32 Å². The molecule has 0 saturated heterocycles. The summed E-state index contributed by atoms with van der Waals surface area (Å²) in [5.41, 5.74) is 1.31. The number of halogens is 1. The van der Waals surface area contributed by atoms with E-state index in [0.29, 0.717) is 6.04 Å². The van der Waals surface area contributed by atoms with Gasteiger partial charge in [0.25, 0.3) is 0 Å². The molecular weight excluding hydrogens is 238 g/mol. The van der Waals surface area contributed by atoms with Crippen LogP contribution in [0.25, 0.3) is 0 Å².